The van der Waals surface area contributed by atoms with Gasteiger partial charge in [-0.1, -0.05) is 6.07 Å². The number of hydrogen-bond acceptors (Lipinski definition) is 5. The number of rotatable bonds is 11. The number of pyridine rings is 1. The molecule has 1 unspecified atom stereocenters. The number of carbonyl (C=O) groups excluding carboxylic acids is 1. The van der Waals surface area contributed by atoms with Crippen molar-refractivity contribution in [3.05, 3.63) is 57.9 Å². The van der Waals surface area contributed by atoms with E-state index in [1.807, 2.05) is 13.8 Å². The molecule has 1 amide bonds. The van der Waals surface area contributed by atoms with Crippen LogP contribution in [0.2, 0.25) is 0 Å². The lowest BCUT2D eigenvalue weighted by atomic mass is 9.79. The maximum absolute atomic E-state index is 12.8. The van der Waals surface area contributed by atoms with Crippen LogP contribution >= 0.6 is 0 Å². The van der Waals surface area contributed by atoms with E-state index >= 15 is 0 Å². The molecule has 1 heterocycles. The first-order valence-electron chi connectivity index (χ1n) is 13.1. The summed E-state index contributed by atoms with van der Waals surface area (Å²) in [5.74, 6) is -0.148. The first-order valence-corrected chi connectivity index (χ1v) is 13.1. The van der Waals surface area contributed by atoms with E-state index in [1.165, 1.54) is 29.8 Å². The second-order valence-corrected chi connectivity index (χ2v) is 10.3. The average molecular weight is 495 g/mol. The molecule has 2 N–H and O–H groups in total. The molecular weight excluding hydrogens is 456 g/mol. The van der Waals surface area contributed by atoms with Gasteiger partial charge in [0.2, 0.25) is 0 Å². The molecule has 2 aliphatic carbocycles. The number of nitrogens with one attached hydrogen (secondary N) is 1. The molecule has 7 heteroatoms. The zero-order valence-corrected chi connectivity index (χ0v) is 21.6. The third kappa shape index (κ3) is 6.44. The fraction of sp³-hybridized carbons (Fsp3) is 0.552. The number of amides is 1. The van der Waals surface area contributed by atoms with Crippen LogP contribution in [0, 0.1) is 19.8 Å². The zero-order chi connectivity index (χ0) is 25.7. The van der Waals surface area contributed by atoms with E-state index in [1.54, 1.807) is 19.2 Å². The maximum Gasteiger partial charge on any atom is 0.326 e. The van der Waals surface area contributed by atoms with E-state index in [4.69, 9.17) is 14.5 Å². The van der Waals surface area contributed by atoms with Gasteiger partial charge in [-0.3, -0.25) is 9.78 Å². The number of hydrogen-bond donors (Lipinski definition) is 2. The topological polar surface area (TPSA) is 97.8 Å². The molecule has 1 aromatic heterocycles. The molecule has 1 saturated carbocycles. The lowest BCUT2D eigenvalue weighted by molar-refractivity contribution is -0.140. The highest BCUT2D eigenvalue weighted by Crippen LogP contribution is 2.34. The van der Waals surface area contributed by atoms with E-state index in [2.05, 4.69) is 17.4 Å². The van der Waals surface area contributed by atoms with Gasteiger partial charge >= 0.3 is 5.97 Å². The third-order valence-electron chi connectivity index (χ3n) is 7.57. The van der Waals surface area contributed by atoms with Crippen molar-refractivity contribution in [3.8, 4) is 5.75 Å². The highest BCUT2D eigenvalue weighted by molar-refractivity contribution is 5.99. The molecule has 194 valence electrons. The van der Waals surface area contributed by atoms with Crippen molar-refractivity contribution < 1.29 is 24.2 Å². The van der Waals surface area contributed by atoms with Crippen LogP contribution in [0.1, 0.15) is 77.0 Å². The normalized spacial score (nSPS) is 19.6. The summed E-state index contributed by atoms with van der Waals surface area (Å²) in [5, 5.41) is 12.3. The Morgan fingerprint density at radius 2 is 1.86 bits per heavy atom. The van der Waals surface area contributed by atoms with Gasteiger partial charge in [0, 0.05) is 30.0 Å². The molecule has 7 nitrogen and oxygen atoms in total. The molecule has 0 aliphatic heterocycles. The number of benzene rings is 1. The van der Waals surface area contributed by atoms with Gasteiger partial charge in [-0.05, 0) is 106 Å². The first-order chi connectivity index (χ1) is 17.3. The molecule has 0 bridgehead atoms. The van der Waals surface area contributed by atoms with Gasteiger partial charge in [-0.15, -0.1) is 0 Å². The van der Waals surface area contributed by atoms with E-state index in [0.717, 1.165) is 49.7 Å². The molecule has 36 heavy (non-hydrogen) atoms. The minimum absolute atomic E-state index is 0.169. The van der Waals surface area contributed by atoms with Crippen molar-refractivity contribution in [1.29, 1.82) is 0 Å². The van der Waals surface area contributed by atoms with Crippen LogP contribution in [0.4, 0.5) is 0 Å². The largest absolute Gasteiger partial charge is 0.497 e. The molecular formula is C29H38N2O5. The number of carbonyl (C=O) groups is 2. The van der Waals surface area contributed by atoms with Crippen LogP contribution < -0.4 is 10.1 Å². The highest BCUT2D eigenvalue weighted by Gasteiger charge is 2.30. The Bertz CT molecular complexity index is 1070. The number of nitrogens with zero attached hydrogens (tertiary/aromatic N) is 1. The molecule has 1 atom stereocenters. The molecule has 2 aromatic rings. The lowest BCUT2D eigenvalue weighted by Crippen LogP contribution is -2.42. The van der Waals surface area contributed by atoms with Crippen molar-refractivity contribution in [2.24, 2.45) is 5.92 Å². The second kappa shape index (κ2) is 11.9. The predicted octanol–water partition coefficient (Wildman–Crippen LogP) is 4.59. The number of methoxy groups -OCH3 is 1. The number of aliphatic carboxylic acids is 1. The Morgan fingerprint density at radius 1 is 1.14 bits per heavy atom. The molecule has 0 saturated heterocycles. The summed E-state index contributed by atoms with van der Waals surface area (Å²) >= 11 is 0. The fourth-order valence-electron chi connectivity index (χ4n) is 5.41. The Hall–Kier alpha value is -2.93. The first kappa shape index (κ1) is 26.1. The van der Waals surface area contributed by atoms with Gasteiger partial charge < -0.3 is 19.9 Å². The summed E-state index contributed by atoms with van der Waals surface area (Å²) in [5.41, 5.74) is 5.89. The van der Waals surface area contributed by atoms with Crippen LogP contribution in [-0.2, 0) is 28.8 Å². The van der Waals surface area contributed by atoms with Crippen LogP contribution in [-0.4, -0.2) is 47.8 Å². The Kier molecular flexibility index (Phi) is 8.62. The van der Waals surface area contributed by atoms with Gasteiger partial charge in [0.15, 0.2) is 0 Å². The number of aromatic nitrogens is 1. The van der Waals surface area contributed by atoms with Crippen molar-refractivity contribution in [2.45, 2.75) is 83.8 Å². The Morgan fingerprint density at radius 3 is 2.56 bits per heavy atom. The SMILES string of the molecule is COc1cc(C)c(C(=O)NC(CCOC2CC(CCc3ccc4c(n3)CCCC4)C2)C(=O)O)c(C)c1. The molecule has 1 fully saturated rings. The smallest absolute Gasteiger partial charge is 0.326 e. The standard InChI is InChI=1S/C29H38N2O5/c1-18-14-23(35-3)15-19(2)27(18)28(32)31-26(29(33)34)12-13-36-24-16-20(17-24)8-10-22-11-9-21-6-4-5-7-25(21)30-22/h9,11,14-15,20,24,26H,4-8,10,12-13,16-17H2,1-3H3,(H,31,32)(H,33,34). The van der Waals surface area contributed by atoms with Gasteiger partial charge in [0.25, 0.3) is 5.91 Å². The van der Waals surface area contributed by atoms with Crippen molar-refractivity contribution in [3.63, 3.8) is 0 Å². The van der Waals surface area contributed by atoms with Crippen LogP contribution in [0.3, 0.4) is 0 Å². The van der Waals surface area contributed by atoms with E-state index in [9.17, 15) is 14.7 Å². The van der Waals surface area contributed by atoms with E-state index in [-0.39, 0.29) is 18.4 Å². The number of ether oxygens (including phenoxy) is 2. The molecule has 1 aromatic carbocycles. The van der Waals surface area contributed by atoms with Crippen LogP contribution in [0.25, 0.3) is 0 Å². The molecule has 4 rings (SSSR count). The molecule has 0 radical (unpaired) electrons. The zero-order valence-electron chi connectivity index (χ0n) is 21.6. The predicted molar refractivity (Wildman–Crippen MR) is 138 cm³/mol. The Labute approximate surface area is 213 Å². The van der Waals surface area contributed by atoms with Crippen molar-refractivity contribution >= 4 is 11.9 Å². The molecule has 2 aliphatic rings. The maximum atomic E-state index is 12.8. The summed E-state index contributed by atoms with van der Waals surface area (Å²) in [4.78, 5) is 29.5. The lowest BCUT2D eigenvalue weighted by Gasteiger charge is -2.35. The summed E-state index contributed by atoms with van der Waals surface area (Å²) in [6.45, 7) is 3.94. The fourth-order valence-corrected chi connectivity index (χ4v) is 5.41. The van der Waals surface area contributed by atoms with Crippen molar-refractivity contribution in [1.82, 2.24) is 10.3 Å². The van der Waals surface area contributed by atoms with Gasteiger partial charge in [0.1, 0.15) is 11.8 Å². The van der Waals surface area contributed by atoms with Crippen molar-refractivity contribution in [2.75, 3.05) is 13.7 Å². The van der Waals surface area contributed by atoms with Gasteiger partial charge in [0.05, 0.1) is 13.2 Å². The minimum Gasteiger partial charge on any atom is -0.497 e. The van der Waals surface area contributed by atoms with Gasteiger partial charge in [-0.25, -0.2) is 4.79 Å². The number of carboxylic acid groups (broad SMARTS) is 1. The summed E-state index contributed by atoms with van der Waals surface area (Å²) in [6, 6.07) is 7.00. The number of fused-ring (bicyclic) bond motifs is 1. The quantitative estimate of drug-likeness (QED) is 0.474. The minimum atomic E-state index is -1.06. The highest BCUT2D eigenvalue weighted by atomic mass is 16.5. The van der Waals surface area contributed by atoms with E-state index in [0.29, 0.717) is 23.8 Å². The summed E-state index contributed by atoms with van der Waals surface area (Å²) in [7, 11) is 1.57. The number of carboxylic acids is 1. The average Bonchev–Trinajstić information content (AvgIpc) is 2.83. The third-order valence-corrected chi connectivity index (χ3v) is 7.57. The second-order valence-electron chi connectivity index (χ2n) is 10.3. The van der Waals surface area contributed by atoms with Crippen LogP contribution in [0.5, 0.6) is 5.75 Å². The summed E-state index contributed by atoms with van der Waals surface area (Å²) in [6.07, 6.45) is 9.31. The van der Waals surface area contributed by atoms with Crippen LogP contribution in [0.15, 0.2) is 24.3 Å². The Balaban J connectivity index is 1.18. The van der Waals surface area contributed by atoms with Gasteiger partial charge in [-0.2, -0.15) is 0 Å². The molecule has 0 spiro atoms. The number of aryl methyl sites for hydroxylation is 5. The monoisotopic (exact) mass is 494 g/mol. The van der Waals surface area contributed by atoms with E-state index < -0.39 is 12.0 Å². The summed E-state index contributed by atoms with van der Waals surface area (Å²) < 4.78 is 11.2.